The van der Waals surface area contributed by atoms with Crippen LogP contribution < -0.4 is 11.1 Å². The molecule has 94 valence electrons. The van der Waals surface area contributed by atoms with Crippen molar-refractivity contribution in [2.45, 2.75) is 52.5 Å². The third kappa shape index (κ3) is 2.90. The molecule has 1 aromatic heterocycles. The molecule has 0 amide bonds. The number of hydrogen-bond acceptors (Lipinski definition) is 3. The quantitative estimate of drug-likeness (QED) is 0.823. The number of nitrogen functional groups attached to an aromatic ring is 1. The van der Waals surface area contributed by atoms with Crippen LogP contribution in [0.5, 0.6) is 0 Å². The standard InChI is InChI=1S/C14H23N3/c1-10-6-8-16-13(12(10)15)17-11-5-4-7-14(2,3)9-11/h6,8,11H,4-5,7,9,15H2,1-3H3,(H,16,17). The molecule has 0 bridgehead atoms. The van der Waals surface area contributed by atoms with E-state index in [1.54, 1.807) is 0 Å². The van der Waals surface area contributed by atoms with Crippen LogP contribution in [0.1, 0.15) is 45.1 Å². The van der Waals surface area contributed by atoms with Gasteiger partial charge in [0.25, 0.3) is 0 Å². The van der Waals surface area contributed by atoms with Crippen molar-refractivity contribution in [1.29, 1.82) is 0 Å². The van der Waals surface area contributed by atoms with Gasteiger partial charge in [-0.15, -0.1) is 0 Å². The van der Waals surface area contributed by atoms with Gasteiger partial charge < -0.3 is 11.1 Å². The molecule has 17 heavy (non-hydrogen) atoms. The summed E-state index contributed by atoms with van der Waals surface area (Å²) in [7, 11) is 0. The smallest absolute Gasteiger partial charge is 0.149 e. The SMILES string of the molecule is Cc1ccnc(NC2CCCC(C)(C)C2)c1N. The second-order valence-corrected chi connectivity index (χ2v) is 5.99. The van der Waals surface area contributed by atoms with Gasteiger partial charge in [0.05, 0.1) is 5.69 Å². The van der Waals surface area contributed by atoms with E-state index in [0.717, 1.165) is 17.1 Å². The van der Waals surface area contributed by atoms with Gasteiger partial charge in [0.15, 0.2) is 0 Å². The highest BCUT2D eigenvalue weighted by Gasteiger charge is 2.28. The van der Waals surface area contributed by atoms with Gasteiger partial charge in [-0.3, -0.25) is 0 Å². The predicted molar refractivity (Wildman–Crippen MR) is 73.0 cm³/mol. The van der Waals surface area contributed by atoms with E-state index < -0.39 is 0 Å². The summed E-state index contributed by atoms with van der Waals surface area (Å²) < 4.78 is 0. The first kappa shape index (κ1) is 12.2. The third-order valence-corrected chi connectivity index (χ3v) is 3.75. The minimum Gasteiger partial charge on any atom is -0.396 e. The fourth-order valence-corrected chi connectivity index (χ4v) is 2.70. The first-order valence-corrected chi connectivity index (χ1v) is 6.45. The minimum absolute atomic E-state index is 0.439. The highest BCUT2D eigenvalue weighted by Crippen LogP contribution is 2.36. The predicted octanol–water partition coefficient (Wildman–Crippen LogP) is 3.35. The number of hydrogen-bond donors (Lipinski definition) is 2. The zero-order chi connectivity index (χ0) is 12.5. The second kappa shape index (κ2) is 4.55. The molecule has 0 spiro atoms. The highest BCUT2D eigenvalue weighted by atomic mass is 15.0. The molecule has 1 atom stereocenters. The van der Waals surface area contributed by atoms with Gasteiger partial charge in [-0.1, -0.05) is 20.3 Å². The van der Waals surface area contributed by atoms with E-state index >= 15 is 0 Å². The van der Waals surface area contributed by atoms with Gasteiger partial charge in [0.2, 0.25) is 0 Å². The fourth-order valence-electron chi connectivity index (χ4n) is 2.70. The summed E-state index contributed by atoms with van der Waals surface area (Å²) in [4.78, 5) is 4.34. The second-order valence-electron chi connectivity index (χ2n) is 5.99. The van der Waals surface area contributed by atoms with Gasteiger partial charge in [0.1, 0.15) is 5.82 Å². The van der Waals surface area contributed by atoms with Gasteiger partial charge in [-0.05, 0) is 43.2 Å². The Morgan fingerprint density at radius 2 is 2.24 bits per heavy atom. The van der Waals surface area contributed by atoms with Crippen LogP contribution in [0.15, 0.2) is 12.3 Å². The van der Waals surface area contributed by atoms with Crippen LogP contribution in [0.2, 0.25) is 0 Å². The lowest BCUT2D eigenvalue weighted by Gasteiger charge is -2.36. The Kier molecular flexibility index (Phi) is 3.27. The van der Waals surface area contributed by atoms with Crippen LogP contribution in [0.25, 0.3) is 0 Å². The monoisotopic (exact) mass is 233 g/mol. The molecule has 0 aromatic carbocycles. The van der Waals surface area contributed by atoms with Crippen molar-refractivity contribution in [2.24, 2.45) is 5.41 Å². The average Bonchev–Trinajstić information content (AvgIpc) is 2.23. The lowest BCUT2D eigenvalue weighted by molar-refractivity contribution is 0.229. The summed E-state index contributed by atoms with van der Waals surface area (Å²) in [5.74, 6) is 0.854. The molecule has 1 aliphatic carbocycles. The topological polar surface area (TPSA) is 50.9 Å². The summed E-state index contributed by atoms with van der Waals surface area (Å²) >= 11 is 0. The van der Waals surface area contributed by atoms with Gasteiger partial charge >= 0.3 is 0 Å². The number of rotatable bonds is 2. The summed E-state index contributed by atoms with van der Waals surface area (Å²) in [6.45, 7) is 6.70. The summed E-state index contributed by atoms with van der Waals surface area (Å²) in [6.07, 6.45) is 6.85. The number of aryl methyl sites for hydroxylation is 1. The van der Waals surface area contributed by atoms with Gasteiger partial charge in [0, 0.05) is 12.2 Å². The summed E-state index contributed by atoms with van der Waals surface area (Å²) in [5, 5.41) is 3.51. The summed E-state index contributed by atoms with van der Waals surface area (Å²) in [5.41, 5.74) is 8.36. The van der Waals surface area contributed by atoms with Crippen molar-refractivity contribution in [1.82, 2.24) is 4.98 Å². The van der Waals surface area contributed by atoms with Crippen molar-refractivity contribution in [3.63, 3.8) is 0 Å². The van der Waals surface area contributed by atoms with Crippen LogP contribution in [0.3, 0.4) is 0 Å². The van der Waals surface area contributed by atoms with Crippen molar-refractivity contribution in [3.8, 4) is 0 Å². The number of nitrogens with zero attached hydrogens (tertiary/aromatic N) is 1. The van der Waals surface area contributed by atoms with Crippen LogP contribution >= 0.6 is 0 Å². The molecular weight excluding hydrogens is 210 g/mol. The Balaban J connectivity index is 2.08. The van der Waals surface area contributed by atoms with Crippen molar-refractivity contribution in [3.05, 3.63) is 17.8 Å². The molecule has 1 unspecified atom stereocenters. The van der Waals surface area contributed by atoms with Crippen LogP contribution in [0.4, 0.5) is 11.5 Å². The lowest BCUT2D eigenvalue weighted by atomic mass is 9.75. The van der Waals surface area contributed by atoms with Gasteiger partial charge in [-0.25, -0.2) is 4.98 Å². The van der Waals surface area contributed by atoms with Gasteiger partial charge in [-0.2, -0.15) is 0 Å². The van der Waals surface area contributed by atoms with Crippen molar-refractivity contribution < 1.29 is 0 Å². The molecule has 1 aliphatic rings. The van der Waals surface area contributed by atoms with Crippen molar-refractivity contribution in [2.75, 3.05) is 11.1 Å². The Morgan fingerprint density at radius 1 is 1.47 bits per heavy atom. The molecule has 1 fully saturated rings. The first-order chi connectivity index (χ1) is 7.98. The largest absolute Gasteiger partial charge is 0.396 e. The van der Waals surface area contributed by atoms with E-state index in [0.29, 0.717) is 11.5 Å². The Bertz CT molecular complexity index is 398. The van der Waals surface area contributed by atoms with E-state index in [9.17, 15) is 0 Å². The Morgan fingerprint density at radius 3 is 2.94 bits per heavy atom. The van der Waals surface area contributed by atoms with E-state index in [1.165, 1.54) is 25.7 Å². The molecule has 3 nitrogen and oxygen atoms in total. The van der Waals surface area contributed by atoms with Crippen LogP contribution in [0, 0.1) is 12.3 Å². The molecule has 1 aromatic rings. The van der Waals surface area contributed by atoms with Crippen molar-refractivity contribution >= 4 is 11.5 Å². The molecule has 3 heteroatoms. The molecular formula is C14H23N3. The number of nitrogens with two attached hydrogens (primary N) is 1. The maximum atomic E-state index is 6.04. The molecule has 2 rings (SSSR count). The maximum Gasteiger partial charge on any atom is 0.149 e. The fraction of sp³-hybridized carbons (Fsp3) is 0.643. The first-order valence-electron chi connectivity index (χ1n) is 6.45. The number of aromatic nitrogens is 1. The minimum atomic E-state index is 0.439. The van der Waals surface area contributed by atoms with Crippen LogP contribution in [-0.4, -0.2) is 11.0 Å². The zero-order valence-corrected chi connectivity index (χ0v) is 11.1. The highest BCUT2D eigenvalue weighted by molar-refractivity contribution is 5.65. The molecule has 0 saturated heterocycles. The third-order valence-electron chi connectivity index (χ3n) is 3.75. The molecule has 1 saturated carbocycles. The maximum absolute atomic E-state index is 6.04. The van der Waals surface area contributed by atoms with E-state index in [2.05, 4.69) is 24.1 Å². The molecule has 0 radical (unpaired) electrons. The Labute approximate surface area is 104 Å². The Hall–Kier alpha value is -1.25. The van der Waals surface area contributed by atoms with E-state index in [4.69, 9.17) is 5.73 Å². The van der Waals surface area contributed by atoms with Crippen LogP contribution in [-0.2, 0) is 0 Å². The molecule has 0 aliphatic heterocycles. The lowest BCUT2D eigenvalue weighted by Crippen LogP contribution is -2.32. The summed E-state index contributed by atoms with van der Waals surface area (Å²) in [6, 6.07) is 2.46. The number of nitrogens with one attached hydrogen (secondary N) is 1. The normalized spacial score (nSPS) is 23.4. The zero-order valence-electron chi connectivity index (χ0n) is 11.1. The molecule has 1 heterocycles. The number of anilines is 2. The number of pyridine rings is 1. The van der Waals surface area contributed by atoms with E-state index in [1.807, 2.05) is 19.2 Å². The average molecular weight is 233 g/mol. The molecule has 3 N–H and O–H groups in total. The van der Waals surface area contributed by atoms with E-state index in [-0.39, 0.29) is 0 Å².